The lowest BCUT2D eigenvalue weighted by atomic mass is 9.88. The van der Waals surface area contributed by atoms with Gasteiger partial charge in [-0.25, -0.2) is 0 Å². The number of hydrogen-bond donors (Lipinski definition) is 3. The van der Waals surface area contributed by atoms with Crippen LogP contribution in [0.3, 0.4) is 0 Å². The number of carbonyl (C=O) groups is 1. The van der Waals surface area contributed by atoms with Gasteiger partial charge >= 0.3 is 0 Å². The highest BCUT2D eigenvalue weighted by atomic mass is 16.3. The third kappa shape index (κ3) is 3.46. The summed E-state index contributed by atoms with van der Waals surface area (Å²) in [5, 5.41) is 18.5. The molecule has 1 aromatic carbocycles. The van der Waals surface area contributed by atoms with E-state index in [9.17, 15) is 9.90 Å². The fraction of sp³-hybridized carbons (Fsp3) is 0.438. The predicted octanol–water partition coefficient (Wildman–Crippen LogP) is 1.64. The summed E-state index contributed by atoms with van der Waals surface area (Å²) in [5.74, 6) is -0.430. The molecule has 0 aliphatic heterocycles. The molecule has 108 valence electrons. The van der Waals surface area contributed by atoms with Gasteiger partial charge in [0.2, 0.25) is 5.91 Å². The van der Waals surface area contributed by atoms with E-state index in [4.69, 9.17) is 10.8 Å². The molecule has 0 saturated heterocycles. The summed E-state index contributed by atoms with van der Waals surface area (Å²) in [6.07, 6.45) is 6.03. The Morgan fingerprint density at radius 1 is 1.35 bits per heavy atom. The summed E-state index contributed by atoms with van der Waals surface area (Å²) in [7, 11) is 0. The average molecular weight is 275 g/mol. The van der Waals surface area contributed by atoms with Crippen molar-refractivity contribution < 1.29 is 15.0 Å². The standard InChI is InChI=1S/C16H21NO3/c17-16(20)14-7-6-11(8-13(19)10-18)9-15(14)12-4-2-1-3-5-12/h4,6-7,9,13,18-19H,1-3,5,8,10H2,(H2,17,20). The van der Waals surface area contributed by atoms with Crippen molar-refractivity contribution in [2.45, 2.75) is 38.2 Å². The first-order valence-electron chi connectivity index (χ1n) is 7.03. The zero-order valence-electron chi connectivity index (χ0n) is 11.5. The minimum Gasteiger partial charge on any atom is -0.394 e. The maximum absolute atomic E-state index is 11.6. The molecule has 1 atom stereocenters. The van der Waals surface area contributed by atoms with Gasteiger partial charge in [-0.05, 0) is 48.4 Å². The van der Waals surface area contributed by atoms with Crippen molar-refractivity contribution in [1.29, 1.82) is 0 Å². The molecule has 1 aliphatic rings. The van der Waals surface area contributed by atoms with Crippen molar-refractivity contribution >= 4 is 11.5 Å². The summed E-state index contributed by atoms with van der Waals surface area (Å²) < 4.78 is 0. The molecule has 2 rings (SSSR count). The fourth-order valence-electron chi connectivity index (χ4n) is 2.62. The molecule has 1 aromatic rings. The number of aliphatic hydroxyl groups is 2. The maximum atomic E-state index is 11.6. The Kier molecular flexibility index (Phi) is 4.93. The summed E-state index contributed by atoms with van der Waals surface area (Å²) in [6.45, 7) is -0.268. The smallest absolute Gasteiger partial charge is 0.249 e. The number of nitrogens with two attached hydrogens (primary N) is 1. The molecule has 0 heterocycles. The molecule has 20 heavy (non-hydrogen) atoms. The minimum absolute atomic E-state index is 0.268. The fourth-order valence-corrected chi connectivity index (χ4v) is 2.62. The first-order chi connectivity index (χ1) is 9.61. The summed E-state index contributed by atoms with van der Waals surface area (Å²) in [5.41, 5.74) is 8.90. The van der Waals surface area contributed by atoms with Gasteiger partial charge in [-0.1, -0.05) is 18.2 Å². The Hall–Kier alpha value is -1.65. The van der Waals surface area contributed by atoms with E-state index in [2.05, 4.69) is 6.08 Å². The number of carbonyl (C=O) groups excluding carboxylic acids is 1. The van der Waals surface area contributed by atoms with Crippen molar-refractivity contribution in [3.05, 3.63) is 41.0 Å². The van der Waals surface area contributed by atoms with E-state index in [0.29, 0.717) is 12.0 Å². The molecule has 0 saturated carbocycles. The highest BCUT2D eigenvalue weighted by Crippen LogP contribution is 2.30. The van der Waals surface area contributed by atoms with Crippen molar-refractivity contribution in [3.8, 4) is 0 Å². The molecule has 4 heteroatoms. The normalized spacial score (nSPS) is 16.6. The Morgan fingerprint density at radius 3 is 2.75 bits per heavy atom. The number of primary amides is 1. The van der Waals surface area contributed by atoms with Gasteiger partial charge in [0.1, 0.15) is 0 Å². The van der Waals surface area contributed by atoms with Gasteiger partial charge < -0.3 is 15.9 Å². The lowest BCUT2D eigenvalue weighted by Gasteiger charge is -2.17. The van der Waals surface area contributed by atoms with E-state index in [1.165, 1.54) is 6.42 Å². The quantitative estimate of drug-likeness (QED) is 0.764. The Labute approximate surface area is 118 Å². The second-order valence-electron chi connectivity index (χ2n) is 5.26. The second-order valence-corrected chi connectivity index (χ2v) is 5.26. The lowest BCUT2D eigenvalue weighted by Crippen LogP contribution is -2.17. The lowest BCUT2D eigenvalue weighted by molar-refractivity contribution is 0.0955. The molecule has 1 unspecified atom stereocenters. The van der Waals surface area contributed by atoms with Crippen LogP contribution in [-0.4, -0.2) is 28.8 Å². The highest BCUT2D eigenvalue weighted by Gasteiger charge is 2.15. The van der Waals surface area contributed by atoms with E-state index in [1.54, 1.807) is 12.1 Å². The van der Waals surface area contributed by atoms with Crippen LogP contribution in [0.25, 0.3) is 5.57 Å². The van der Waals surface area contributed by atoms with Crippen molar-refractivity contribution in [3.63, 3.8) is 0 Å². The zero-order valence-corrected chi connectivity index (χ0v) is 11.5. The zero-order chi connectivity index (χ0) is 14.5. The molecule has 4 nitrogen and oxygen atoms in total. The number of amides is 1. The second kappa shape index (κ2) is 6.68. The third-order valence-electron chi connectivity index (χ3n) is 3.67. The van der Waals surface area contributed by atoms with Crippen LogP contribution >= 0.6 is 0 Å². The average Bonchev–Trinajstić information content (AvgIpc) is 2.47. The molecule has 4 N–H and O–H groups in total. The van der Waals surface area contributed by atoms with Crippen LogP contribution < -0.4 is 5.73 Å². The number of benzene rings is 1. The molecule has 0 spiro atoms. The van der Waals surface area contributed by atoms with Crippen LogP contribution in [0.5, 0.6) is 0 Å². The summed E-state index contributed by atoms with van der Waals surface area (Å²) >= 11 is 0. The Bertz CT molecular complexity index is 522. The van der Waals surface area contributed by atoms with E-state index in [0.717, 1.165) is 36.0 Å². The number of hydrogen-bond acceptors (Lipinski definition) is 3. The van der Waals surface area contributed by atoms with Crippen molar-refractivity contribution in [1.82, 2.24) is 0 Å². The van der Waals surface area contributed by atoms with Crippen LogP contribution in [0.4, 0.5) is 0 Å². The van der Waals surface area contributed by atoms with E-state index >= 15 is 0 Å². The third-order valence-corrected chi connectivity index (χ3v) is 3.67. The van der Waals surface area contributed by atoms with E-state index < -0.39 is 12.0 Å². The Balaban J connectivity index is 2.36. The summed E-state index contributed by atoms with van der Waals surface area (Å²) in [4.78, 5) is 11.6. The van der Waals surface area contributed by atoms with Gasteiger partial charge in [0.15, 0.2) is 0 Å². The van der Waals surface area contributed by atoms with E-state index in [-0.39, 0.29) is 6.61 Å². The first kappa shape index (κ1) is 14.8. The summed E-state index contributed by atoms with van der Waals surface area (Å²) in [6, 6.07) is 5.41. The van der Waals surface area contributed by atoms with Gasteiger partial charge in [-0.3, -0.25) is 4.79 Å². The molecule has 0 bridgehead atoms. The molecular weight excluding hydrogens is 254 g/mol. The van der Waals surface area contributed by atoms with E-state index in [1.807, 2.05) is 6.07 Å². The molecule has 1 amide bonds. The largest absolute Gasteiger partial charge is 0.394 e. The van der Waals surface area contributed by atoms with Crippen LogP contribution in [0, 0.1) is 0 Å². The van der Waals surface area contributed by atoms with Gasteiger partial charge in [0.25, 0.3) is 0 Å². The highest BCUT2D eigenvalue weighted by molar-refractivity contribution is 5.98. The molecule has 0 fully saturated rings. The van der Waals surface area contributed by atoms with Crippen LogP contribution in [0.2, 0.25) is 0 Å². The van der Waals surface area contributed by atoms with Gasteiger partial charge in [0, 0.05) is 12.0 Å². The van der Waals surface area contributed by atoms with Crippen LogP contribution in [-0.2, 0) is 6.42 Å². The van der Waals surface area contributed by atoms with Crippen molar-refractivity contribution in [2.24, 2.45) is 5.73 Å². The molecule has 1 aliphatic carbocycles. The van der Waals surface area contributed by atoms with Gasteiger partial charge in [-0.2, -0.15) is 0 Å². The van der Waals surface area contributed by atoms with Crippen molar-refractivity contribution in [2.75, 3.05) is 6.61 Å². The first-order valence-corrected chi connectivity index (χ1v) is 7.03. The minimum atomic E-state index is -0.775. The number of aliphatic hydroxyl groups excluding tert-OH is 2. The molecular formula is C16H21NO3. The predicted molar refractivity (Wildman–Crippen MR) is 78.2 cm³/mol. The Morgan fingerprint density at radius 2 is 2.15 bits per heavy atom. The molecule has 0 aromatic heterocycles. The van der Waals surface area contributed by atoms with Crippen LogP contribution in [0.1, 0.15) is 47.2 Å². The van der Waals surface area contributed by atoms with Gasteiger partial charge in [0.05, 0.1) is 12.7 Å². The SMILES string of the molecule is NC(=O)c1ccc(CC(O)CO)cc1C1=CCCCC1. The molecule has 0 radical (unpaired) electrons. The van der Waals surface area contributed by atoms with Crippen LogP contribution in [0.15, 0.2) is 24.3 Å². The number of allylic oxidation sites excluding steroid dienone is 2. The van der Waals surface area contributed by atoms with Gasteiger partial charge in [-0.15, -0.1) is 0 Å². The number of rotatable bonds is 5. The maximum Gasteiger partial charge on any atom is 0.249 e. The topological polar surface area (TPSA) is 83.6 Å². The monoisotopic (exact) mass is 275 g/mol.